The van der Waals surface area contributed by atoms with Gasteiger partial charge in [-0.15, -0.1) is 6.58 Å². The third-order valence-electron chi connectivity index (χ3n) is 3.76. The fourth-order valence-electron chi connectivity index (χ4n) is 2.46. The Morgan fingerprint density at radius 1 is 1.31 bits per heavy atom. The summed E-state index contributed by atoms with van der Waals surface area (Å²) in [5.74, 6) is -1.05. The van der Waals surface area contributed by atoms with E-state index in [2.05, 4.69) is 22.0 Å². The number of rotatable bonds is 6. The van der Waals surface area contributed by atoms with Gasteiger partial charge in [0.05, 0.1) is 11.9 Å². The summed E-state index contributed by atoms with van der Waals surface area (Å²) in [6.07, 6.45) is 3.61. The molecule has 1 unspecified atom stereocenters. The lowest BCUT2D eigenvalue weighted by molar-refractivity contribution is -0.128. The number of esters is 1. The first-order valence-electron chi connectivity index (χ1n) is 8.09. The number of ether oxygens (including phenoxy) is 1. The second-order valence-corrected chi connectivity index (χ2v) is 5.57. The molecule has 0 saturated heterocycles. The highest BCUT2D eigenvalue weighted by molar-refractivity contribution is 5.97. The van der Waals surface area contributed by atoms with Crippen molar-refractivity contribution in [3.63, 3.8) is 0 Å². The van der Waals surface area contributed by atoms with E-state index in [-0.39, 0.29) is 5.56 Å². The van der Waals surface area contributed by atoms with E-state index in [0.717, 1.165) is 11.3 Å². The minimum Gasteiger partial charge on any atom is -0.449 e. The Morgan fingerprint density at radius 3 is 2.81 bits per heavy atom. The number of nitrogens with zero attached hydrogens (tertiary/aromatic N) is 3. The number of nitrogens with one attached hydrogen (secondary N) is 1. The minimum absolute atomic E-state index is 0.200. The molecule has 1 amide bonds. The molecule has 0 spiro atoms. The van der Waals surface area contributed by atoms with Gasteiger partial charge in [0.2, 0.25) is 0 Å². The zero-order valence-electron chi connectivity index (χ0n) is 14.3. The van der Waals surface area contributed by atoms with Gasteiger partial charge in [-0.1, -0.05) is 36.4 Å². The van der Waals surface area contributed by atoms with Gasteiger partial charge < -0.3 is 10.1 Å². The monoisotopic (exact) mass is 350 g/mol. The summed E-state index contributed by atoms with van der Waals surface area (Å²) >= 11 is 0. The van der Waals surface area contributed by atoms with Gasteiger partial charge in [0.15, 0.2) is 11.8 Å². The average molecular weight is 350 g/mol. The maximum Gasteiger partial charge on any atom is 0.344 e. The predicted molar refractivity (Wildman–Crippen MR) is 96.5 cm³/mol. The molecule has 26 heavy (non-hydrogen) atoms. The van der Waals surface area contributed by atoms with E-state index in [4.69, 9.17) is 4.74 Å². The largest absolute Gasteiger partial charge is 0.449 e. The van der Waals surface area contributed by atoms with Crippen LogP contribution in [-0.4, -0.2) is 39.1 Å². The smallest absolute Gasteiger partial charge is 0.344 e. The molecule has 132 valence electrons. The first-order valence-corrected chi connectivity index (χ1v) is 8.09. The lowest BCUT2D eigenvalue weighted by atomic mass is 10.1. The highest BCUT2D eigenvalue weighted by Gasteiger charge is 2.22. The first kappa shape index (κ1) is 17.3. The summed E-state index contributed by atoms with van der Waals surface area (Å²) in [6, 6.07) is 11.5. The second-order valence-electron chi connectivity index (χ2n) is 5.57. The van der Waals surface area contributed by atoms with Gasteiger partial charge in [-0.25, -0.2) is 14.3 Å². The van der Waals surface area contributed by atoms with Crippen molar-refractivity contribution in [3.05, 3.63) is 67.0 Å². The Morgan fingerprint density at radius 2 is 2.08 bits per heavy atom. The molecule has 1 aromatic carbocycles. The summed E-state index contributed by atoms with van der Waals surface area (Å²) in [5.41, 5.74) is 2.31. The summed E-state index contributed by atoms with van der Waals surface area (Å²) in [4.78, 5) is 28.5. The molecule has 3 aromatic rings. The zero-order valence-corrected chi connectivity index (χ0v) is 14.3. The molecule has 0 fully saturated rings. The van der Waals surface area contributed by atoms with Crippen molar-refractivity contribution in [1.29, 1.82) is 0 Å². The molecular weight excluding hydrogens is 332 g/mol. The van der Waals surface area contributed by atoms with E-state index < -0.39 is 18.0 Å². The highest BCUT2D eigenvalue weighted by atomic mass is 16.5. The maximum absolute atomic E-state index is 12.4. The molecular formula is C19H18N4O3. The van der Waals surface area contributed by atoms with Gasteiger partial charge in [0, 0.05) is 18.3 Å². The molecule has 2 aromatic heterocycles. The van der Waals surface area contributed by atoms with E-state index in [1.54, 1.807) is 16.8 Å². The number of carbonyl (C=O) groups excluding carboxylic acids is 2. The number of hydrogen-bond acceptors (Lipinski definition) is 5. The molecule has 7 heteroatoms. The van der Waals surface area contributed by atoms with Crippen molar-refractivity contribution in [1.82, 2.24) is 19.9 Å². The lowest BCUT2D eigenvalue weighted by Gasteiger charge is -2.12. The van der Waals surface area contributed by atoms with Crippen LogP contribution in [0.1, 0.15) is 17.3 Å². The number of fused-ring (bicyclic) bond motifs is 1. The summed E-state index contributed by atoms with van der Waals surface area (Å²) in [7, 11) is 0. The van der Waals surface area contributed by atoms with E-state index in [9.17, 15) is 9.59 Å². The molecule has 0 aliphatic carbocycles. The third-order valence-corrected chi connectivity index (χ3v) is 3.76. The quantitative estimate of drug-likeness (QED) is 0.544. The molecule has 0 aliphatic rings. The van der Waals surface area contributed by atoms with Crippen molar-refractivity contribution in [2.24, 2.45) is 0 Å². The van der Waals surface area contributed by atoms with E-state index in [1.807, 2.05) is 36.4 Å². The predicted octanol–water partition coefficient (Wildman–Crippen LogP) is 2.24. The molecule has 7 nitrogen and oxygen atoms in total. The first-order chi connectivity index (χ1) is 12.6. The molecule has 0 aliphatic heterocycles. The third kappa shape index (κ3) is 3.46. The number of benzene rings is 1. The summed E-state index contributed by atoms with van der Waals surface area (Å²) in [6.45, 7) is 5.33. The van der Waals surface area contributed by atoms with Crippen LogP contribution in [0.4, 0.5) is 0 Å². The summed E-state index contributed by atoms with van der Waals surface area (Å²) < 4.78 is 6.81. The molecule has 2 heterocycles. The van der Waals surface area contributed by atoms with Crippen molar-refractivity contribution in [3.8, 4) is 11.3 Å². The molecule has 0 radical (unpaired) electrons. The molecule has 1 N–H and O–H groups in total. The summed E-state index contributed by atoms with van der Waals surface area (Å²) in [5, 5.41) is 6.84. The van der Waals surface area contributed by atoms with Gasteiger partial charge in [-0.05, 0) is 13.0 Å². The number of carbonyl (C=O) groups is 2. The fourth-order valence-corrected chi connectivity index (χ4v) is 2.46. The van der Waals surface area contributed by atoms with E-state index in [0.29, 0.717) is 12.2 Å². The van der Waals surface area contributed by atoms with Gasteiger partial charge in [0.1, 0.15) is 5.56 Å². The van der Waals surface area contributed by atoms with E-state index >= 15 is 0 Å². The van der Waals surface area contributed by atoms with Crippen LogP contribution in [0.3, 0.4) is 0 Å². The maximum atomic E-state index is 12.4. The van der Waals surface area contributed by atoms with Gasteiger partial charge in [0.25, 0.3) is 5.91 Å². The molecule has 3 rings (SSSR count). The van der Waals surface area contributed by atoms with Crippen LogP contribution in [0, 0.1) is 0 Å². The Labute approximate surface area is 150 Å². The van der Waals surface area contributed by atoms with Crippen molar-refractivity contribution >= 4 is 17.5 Å². The Hall–Kier alpha value is -3.48. The molecule has 1 atom stereocenters. The van der Waals surface area contributed by atoms with Crippen LogP contribution in [0.5, 0.6) is 0 Å². The topological polar surface area (TPSA) is 85.6 Å². The van der Waals surface area contributed by atoms with Crippen LogP contribution >= 0.6 is 0 Å². The van der Waals surface area contributed by atoms with Gasteiger partial charge in [-0.3, -0.25) is 4.79 Å². The number of amides is 1. The van der Waals surface area contributed by atoms with Crippen molar-refractivity contribution in [2.75, 3.05) is 6.54 Å². The van der Waals surface area contributed by atoms with Crippen molar-refractivity contribution in [2.45, 2.75) is 13.0 Å². The van der Waals surface area contributed by atoms with Crippen LogP contribution in [0.15, 0.2) is 61.4 Å². The minimum atomic E-state index is -0.935. The van der Waals surface area contributed by atoms with Crippen LogP contribution in [-0.2, 0) is 9.53 Å². The van der Waals surface area contributed by atoms with E-state index in [1.165, 1.54) is 13.1 Å². The average Bonchev–Trinajstić information content (AvgIpc) is 3.11. The lowest BCUT2D eigenvalue weighted by Crippen LogP contribution is -2.35. The van der Waals surface area contributed by atoms with Crippen LogP contribution in [0.2, 0.25) is 0 Å². The van der Waals surface area contributed by atoms with Gasteiger partial charge in [-0.2, -0.15) is 5.10 Å². The highest BCUT2D eigenvalue weighted by Crippen LogP contribution is 2.21. The molecule has 0 bridgehead atoms. The number of aromatic nitrogens is 3. The second kappa shape index (κ2) is 7.60. The van der Waals surface area contributed by atoms with Crippen LogP contribution < -0.4 is 5.32 Å². The Bertz CT molecular complexity index is 950. The van der Waals surface area contributed by atoms with Crippen LogP contribution in [0.25, 0.3) is 16.9 Å². The molecule has 0 saturated carbocycles. The van der Waals surface area contributed by atoms with Crippen molar-refractivity contribution < 1.29 is 14.3 Å². The van der Waals surface area contributed by atoms with Gasteiger partial charge >= 0.3 is 5.97 Å². The normalized spacial score (nSPS) is 11.7. The SMILES string of the molecule is C=CCNC(=O)C(C)OC(=O)c1cnn2c(-c3ccccc3)ccnc12. The zero-order chi connectivity index (χ0) is 18.5. The standard InChI is InChI=1S/C19H18N4O3/c1-3-10-21-18(24)13(2)26-19(25)15-12-22-23-16(9-11-20-17(15)23)14-7-5-4-6-8-14/h3-9,11-13H,1,10H2,2H3,(H,21,24). The fraction of sp³-hybridized carbons (Fsp3) is 0.158. The Kier molecular flexibility index (Phi) is 5.07. The Balaban J connectivity index is 1.86. The number of hydrogen-bond donors (Lipinski definition) is 1.